The van der Waals surface area contributed by atoms with Gasteiger partial charge >= 0.3 is 0 Å². The van der Waals surface area contributed by atoms with Gasteiger partial charge in [-0.1, -0.05) is 30.3 Å². The largest absolute Gasteiger partial charge is 0.394 e. The Hall–Kier alpha value is -1.38. The van der Waals surface area contributed by atoms with Crippen LogP contribution >= 0.6 is 0 Å². The summed E-state index contributed by atoms with van der Waals surface area (Å²) in [5.74, 6) is 0. The van der Waals surface area contributed by atoms with Gasteiger partial charge in [0.15, 0.2) is 18.9 Å². The van der Waals surface area contributed by atoms with Crippen molar-refractivity contribution < 1.29 is 74.4 Å². The first-order chi connectivity index (χ1) is 18.6. The van der Waals surface area contributed by atoms with Gasteiger partial charge < -0.3 is 74.4 Å². The van der Waals surface area contributed by atoms with Crippen LogP contribution in [0, 0.1) is 0 Å². The highest BCUT2D eigenvalue weighted by atomic mass is 16.8. The summed E-state index contributed by atoms with van der Waals surface area (Å²) in [5, 5.41) is 91.6. The van der Waals surface area contributed by atoms with Crippen LogP contribution in [0.4, 0.5) is 0 Å². The lowest BCUT2D eigenvalue weighted by atomic mass is 9.96. The van der Waals surface area contributed by atoms with Crippen LogP contribution in [0.5, 0.6) is 0 Å². The van der Waals surface area contributed by atoms with E-state index in [0.717, 1.165) is 5.56 Å². The third kappa shape index (κ3) is 6.43. The Bertz CT molecular complexity index is 892. The molecular weight excluding hydrogens is 528 g/mol. The van der Waals surface area contributed by atoms with E-state index in [1.165, 1.54) is 0 Å². The van der Waals surface area contributed by atoms with Gasteiger partial charge in [0, 0.05) is 0 Å². The molecule has 15 nitrogen and oxygen atoms in total. The van der Waals surface area contributed by atoms with Crippen molar-refractivity contribution in [3.8, 4) is 0 Å². The summed E-state index contributed by atoms with van der Waals surface area (Å²) < 4.78 is 34.0. The molecule has 0 spiro atoms. The molecule has 3 fully saturated rings. The maximum Gasteiger partial charge on any atom is 0.187 e. The fourth-order valence-electron chi connectivity index (χ4n) is 4.63. The van der Waals surface area contributed by atoms with Crippen LogP contribution < -0.4 is 0 Å². The van der Waals surface area contributed by atoms with Crippen LogP contribution in [0.3, 0.4) is 0 Å². The lowest BCUT2D eigenvalue weighted by Gasteiger charge is -2.47. The van der Waals surface area contributed by atoms with Crippen LogP contribution in [0.15, 0.2) is 30.3 Å². The quantitative estimate of drug-likeness (QED) is 0.130. The molecule has 0 aliphatic carbocycles. The molecule has 0 amide bonds. The van der Waals surface area contributed by atoms with Crippen molar-refractivity contribution in [2.45, 2.75) is 86.0 Å². The second-order valence-corrected chi connectivity index (χ2v) is 9.80. The minimum Gasteiger partial charge on any atom is -0.394 e. The van der Waals surface area contributed by atoms with E-state index < -0.39 is 106 Å². The molecule has 222 valence electrons. The number of benzene rings is 1. The van der Waals surface area contributed by atoms with E-state index in [2.05, 4.69) is 0 Å². The van der Waals surface area contributed by atoms with Crippen LogP contribution in [0.2, 0.25) is 0 Å². The summed E-state index contributed by atoms with van der Waals surface area (Å²) in [4.78, 5) is 0. The van der Waals surface area contributed by atoms with Crippen molar-refractivity contribution in [2.75, 3.05) is 26.4 Å². The summed E-state index contributed by atoms with van der Waals surface area (Å²) in [5.41, 5.74) is -1.31. The molecule has 0 radical (unpaired) electrons. The lowest BCUT2D eigenvalue weighted by Crippen LogP contribution is -2.66. The first-order valence-corrected chi connectivity index (χ1v) is 12.5. The van der Waals surface area contributed by atoms with E-state index in [-0.39, 0.29) is 6.61 Å². The van der Waals surface area contributed by atoms with Gasteiger partial charge in [0.1, 0.15) is 60.5 Å². The molecule has 39 heavy (non-hydrogen) atoms. The zero-order chi connectivity index (χ0) is 28.3. The molecule has 4 rings (SSSR count). The van der Waals surface area contributed by atoms with E-state index in [4.69, 9.17) is 28.4 Å². The number of aliphatic hydroxyl groups excluding tert-OH is 8. The minimum absolute atomic E-state index is 0.0268. The van der Waals surface area contributed by atoms with Gasteiger partial charge in [0.25, 0.3) is 0 Å². The van der Waals surface area contributed by atoms with Crippen LogP contribution in [-0.4, -0.2) is 152 Å². The molecule has 15 heteroatoms. The molecule has 3 saturated heterocycles. The van der Waals surface area contributed by atoms with Crippen molar-refractivity contribution >= 4 is 0 Å². The normalized spacial score (nSPS) is 44.9. The molecule has 0 bridgehead atoms. The topological polar surface area (TPSA) is 237 Å². The van der Waals surface area contributed by atoms with Gasteiger partial charge in [-0.25, -0.2) is 0 Å². The highest BCUT2D eigenvalue weighted by Crippen LogP contribution is 2.34. The van der Waals surface area contributed by atoms with Gasteiger partial charge in [0.05, 0.1) is 33.0 Å². The summed E-state index contributed by atoms with van der Waals surface area (Å²) in [6, 6.07) is 8.89. The van der Waals surface area contributed by atoms with Crippen molar-refractivity contribution in [3.63, 3.8) is 0 Å². The summed E-state index contributed by atoms with van der Waals surface area (Å²) in [6.07, 6.45) is -18.9. The Morgan fingerprint density at radius 2 is 1.36 bits per heavy atom. The van der Waals surface area contributed by atoms with Crippen LogP contribution in [0.25, 0.3) is 0 Å². The van der Waals surface area contributed by atoms with Gasteiger partial charge in [-0.2, -0.15) is 0 Å². The number of aliphatic hydroxyl groups is 9. The molecule has 0 aromatic heterocycles. The molecule has 1 aromatic carbocycles. The van der Waals surface area contributed by atoms with E-state index >= 15 is 0 Å². The van der Waals surface area contributed by atoms with Gasteiger partial charge in [0.2, 0.25) is 0 Å². The molecule has 9 N–H and O–H groups in total. The summed E-state index contributed by atoms with van der Waals surface area (Å²) >= 11 is 0. The highest BCUT2D eigenvalue weighted by molar-refractivity contribution is 5.13. The van der Waals surface area contributed by atoms with Crippen LogP contribution in [-0.2, 0) is 35.0 Å². The number of rotatable bonds is 10. The third-order valence-corrected chi connectivity index (χ3v) is 7.07. The Balaban J connectivity index is 1.61. The molecule has 3 heterocycles. The molecular formula is C24H36O15. The molecule has 13 unspecified atom stereocenters. The highest BCUT2D eigenvalue weighted by Gasteiger charge is 2.55. The lowest BCUT2D eigenvalue weighted by molar-refractivity contribution is -0.378. The van der Waals surface area contributed by atoms with Crippen molar-refractivity contribution in [1.82, 2.24) is 0 Å². The molecule has 0 saturated carbocycles. The smallest absolute Gasteiger partial charge is 0.187 e. The Labute approximate surface area is 223 Å². The average Bonchev–Trinajstić information content (AvgIpc) is 3.24. The summed E-state index contributed by atoms with van der Waals surface area (Å²) in [6.45, 7) is -2.78. The second kappa shape index (κ2) is 13.1. The first-order valence-electron chi connectivity index (χ1n) is 12.5. The second-order valence-electron chi connectivity index (χ2n) is 9.80. The van der Waals surface area contributed by atoms with Crippen molar-refractivity contribution in [3.05, 3.63) is 35.9 Å². The molecule has 1 aromatic rings. The first kappa shape index (κ1) is 30.6. The van der Waals surface area contributed by atoms with Gasteiger partial charge in [-0.05, 0) is 5.56 Å². The number of hydrogen-bond acceptors (Lipinski definition) is 15. The van der Waals surface area contributed by atoms with Crippen molar-refractivity contribution in [2.24, 2.45) is 0 Å². The zero-order valence-electron chi connectivity index (χ0n) is 20.8. The number of hydrogen-bond donors (Lipinski definition) is 9. The Morgan fingerprint density at radius 1 is 0.744 bits per heavy atom. The molecule has 3 aliphatic heterocycles. The predicted molar refractivity (Wildman–Crippen MR) is 124 cm³/mol. The fourth-order valence-corrected chi connectivity index (χ4v) is 4.63. The standard InChI is InChI=1S/C24H36O15/c25-6-12-14(28)16(30)17(31)21(36-12)38-18-15(29)13(7-26)37-22(34-8-11-4-2-1-3-5-11)19(18)39-23-20(32)24(33,9-27)10-35-23/h1-5,12-23,25-33H,6-10H2. The van der Waals surface area contributed by atoms with Gasteiger partial charge in [-0.15, -0.1) is 0 Å². The van der Waals surface area contributed by atoms with Crippen LogP contribution in [0.1, 0.15) is 5.56 Å². The summed E-state index contributed by atoms with van der Waals surface area (Å²) in [7, 11) is 0. The maximum atomic E-state index is 11.0. The van der Waals surface area contributed by atoms with Crippen molar-refractivity contribution in [1.29, 1.82) is 0 Å². The van der Waals surface area contributed by atoms with E-state index in [9.17, 15) is 46.0 Å². The molecule has 3 aliphatic rings. The monoisotopic (exact) mass is 564 g/mol. The Kier molecular flexibility index (Phi) is 10.2. The fraction of sp³-hybridized carbons (Fsp3) is 0.750. The minimum atomic E-state index is -2.04. The zero-order valence-corrected chi connectivity index (χ0v) is 20.8. The molecule has 13 atom stereocenters. The van der Waals surface area contributed by atoms with Gasteiger partial charge in [-0.3, -0.25) is 0 Å². The number of ether oxygens (including phenoxy) is 6. The third-order valence-electron chi connectivity index (χ3n) is 7.07. The van der Waals surface area contributed by atoms with E-state index in [1.807, 2.05) is 0 Å². The predicted octanol–water partition coefficient (Wildman–Crippen LogP) is -4.71. The van der Waals surface area contributed by atoms with E-state index in [1.54, 1.807) is 30.3 Å². The average molecular weight is 565 g/mol. The Morgan fingerprint density at radius 3 is 1.97 bits per heavy atom. The SMILES string of the molecule is OCC1OC(OC2C(O)C(CO)OC(OCc3ccccc3)C2OC2OCC(O)(CO)C2O)C(O)C(O)C1O. The maximum absolute atomic E-state index is 11.0. The van der Waals surface area contributed by atoms with E-state index in [0.29, 0.717) is 0 Å².